The zero-order valence-electron chi connectivity index (χ0n) is 18.8. The average molecular weight is 553 g/mol. The Balaban J connectivity index is 0.00000171. The average Bonchev–Trinajstić information content (AvgIpc) is 3.25. The second-order valence-electron chi connectivity index (χ2n) is 9.02. The summed E-state index contributed by atoms with van der Waals surface area (Å²) in [6, 6.07) is 18.0. The van der Waals surface area contributed by atoms with Crippen LogP contribution < -0.4 is 24.8 Å². The van der Waals surface area contributed by atoms with Crippen molar-refractivity contribution in [2.45, 2.75) is 43.5 Å². The molecule has 0 bridgehead atoms. The zero-order valence-corrected chi connectivity index (χ0v) is 23.8. The molecule has 0 saturated heterocycles. The van der Waals surface area contributed by atoms with Gasteiger partial charge in [-0.15, -0.1) is 0 Å². The van der Waals surface area contributed by atoms with E-state index in [-0.39, 0.29) is 24.8 Å². The van der Waals surface area contributed by atoms with Crippen molar-refractivity contribution in [3.05, 3.63) is 80.9 Å². The van der Waals surface area contributed by atoms with Gasteiger partial charge in [-0.05, 0) is 0 Å². The van der Waals surface area contributed by atoms with E-state index in [2.05, 4.69) is 94.2 Å². The first-order valence-corrected chi connectivity index (χ1v) is 17.7. The molecule has 2 aromatic carbocycles. The molecule has 2 aliphatic carbocycles. The van der Waals surface area contributed by atoms with Gasteiger partial charge in [-0.25, -0.2) is 0 Å². The molecule has 4 rings (SSSR count). The van der Waals surface area contributed by atoms with Crippen LogP contribution in [0.1, 0.15) is 35.0 Å². The first kappa shape index (κ1) is 26.5. The first-order valence-electron chi connectivity index (χ1n) is 10.4. The molecule has 164 valence electrons. The minimum Gasteiger partial charge on any atom is -1.00 e. The fourth-order valence-electron chi connectivity index (χ4n) is 4.32. The second-order valence-corrected chi connectivity index (χ2v) is 21.0. The van der Waals surface area contributed by atoms with Crippen molar-refractivity contribution >= 4 is 11.5 Å². The minimum absolute atomic E-state index is 0. The third kappa shape index (κ3) is 5.78. The maximum Gasteiger partial charge on any atom is -1.00 e. The summed E-state index contributed by atoms with van der Waals surface area (Å²) in [4.78, 5) is 0. The number of hydrogen-bond donors (Lipinski definition) is 0. The van der Waals surface area contributed by atoms with E-state index < -0.39 is 29.6 Å². The maximum absolute atomic E-state index is 5.96. The van der Waals surface area contributed by atoms with Gasteiger partial charge in [0, 0.05) is 0 Å². The van der Waals surface area contributed by atoms with Gasteiger partial charge in [0.1, 0.15) is 0 Å². The maximum atomic E-state index is 5.96. The molecule has 0 aliphatic heterocycles. The topological polar surface area (TPSA) is 18.5 Å². The van der Waals surface area contributed by atoms with Crippen molar-refractivity contribution in [3.8, 4) is 11.1 Å². The Kier molecular flexibility index (Phi) is 9.31. The third-order valence-electron chi connectivity index (χ3n) is 5.56. The van der Waals surface area contributed by atoms with Crippen molar-refractivity contribution in [1.29, 1.82) is 0 Å². The van der Waals surface area contributed by atoms with Crippen molar-refractivity contribution in [1.82, 2.24) is 0 Å². The summed E-state index contributed by atoms with van der Waals surface area (Å²) in [6.07, 6.45) is 5.61. The number of ether oxygens (including phenoxy) is 1. The van der Waals surface area contributed by atoms with Crippen LogP contribution in [-0.2, 0) is 30.4 Å². The molecule has 2 nitrogen and oxygen atoms in total. The molecular weight excluding hydrogens is 522 g/mol. The molecule has 0 saturated carbocycles. The summed E-state index contributed by atoms with van der Waals surface area (Å²) in [5.74, 6) is 0.997. The van der Waals surface area contributed by atoms with Gasteiger partial charge in [-0.1, -0.05) is 0 Å². The van der Waals surface area contributed by atoms with Crippen LogP contribution in [-0.4, -0.2) is 18.3 Å². The van der Waals surface area contributed by atoms with Crippen LogP contribution in [0.5, 0.6) is 0 Å². The van der Waals surface area contributed by atoms with E-state index in [1.165, 1.54) is 22.3 Å². The molecular formula is C25H30Cl2O2SiZr. The van der Waals surface area contributed by atoms with E-state index >= 15 is 0 Å². The number of benzene rings is 2. The fraction of sp³-hybridized carbons (Fsp3) is 0.320. The smallest absolute Gasteiger partial charge is 1.00 e. The van der Waals surface area contributed by atoms with Crippen LogP contribution in [0.4, 0.5) is 0 Å². The van der Waals surface area contributed by atoms with Crippen molar-refractivity contribution < 1.29 is 55.2 Å². The summed E-state index contributed by atoms with van der Waals surface area (Å²) in [7, 11) is -1.55. The van der Waals surface area contributed by atoms with Crippen LogP contribution in [0.25, 0.3) is 11.1 Å². The Bertz CT molecular complexity index is 988. The Hall–Kier alpha value is -0.770. The second kappa shape index (κ2) is 10.9. The van der Waals surface area contributed by atoms with Crippen molar-refractivity contribution in [2.24, 2.45) is 0 Å². The molecule has 31 heavy (non-hydrogen) atoms. The Morgan fingerprint density at radius 2 is 1.48 bits per heavy atom. The fourth-order valence-corrected chi connectivity index (χ4v) is 12.9. The Labute approximate surface area is 207 Å². The molecule has 2 aromatic rings. The van der Waals surface area contributed by atoms with Crippen LogP contribution >= 0.6 is 0 Å². The number of allylic oxidation sites excluding steroid dienone is 3. The molecule has 0 N–H and O–H groups in total. The van der Waals surface area contributed by atoms with Crippen molar-refractivity contribution in [2.75, 3.05) is 6.79 Å². The van der Waals surface area contributed by atoms with Crippen LogP contribution in [0.15, 0.2) is 69.7 Å². The summed E-state index contributed by atoms with van der Waals surface area (Å²) in [5.41, 5.74) is 5.92. The standard InChI is InChI=1S/C13H9.C9H15O2Si.C3H6.2ClH.Zr/c1-3-7-12-10(5-1)9-11-6-2-4-8-13(11)12;1-12(2,3)11-8-10-9-6-4-5-7-9;1-3-2;;;/h1-9H;6-7H,4,8H2,1-3H3;1-2H3;2*1H;/q;;;;;+2/p-2. The van der Waals surface area contributed by atoms with Gasteiger partial charge in [0.2, 0.25) is 0 Å². The molecule has 0 atom stereocenters. The van der Waals surface area contributed by atoms with E-state index in [1.54, 1.807) is 6.49 Å². The predicted octanol–water partition coefficient (Wildman–Crippen LogP) is 0.592. The molecule has 0 radical (unpaired) electrons. The number of hydrogen-bond acceptors (Lipinski definition) is 2. The van der Waals surface area contributed by atoms with E-state index in [0.29, 0.717) is 10.4 Å². The quantitative estimate of drug-likeness (QED) is 0.386. The van der Waals surface area contributed by atoms with E-state index in [0.717, 1.165) is 12.2 Å². The summed E-state index contributed by atoms with van der Waals surface area (Å²) >= 11 is -2.11. The molecule has 0 fully saturated rings. The van der Waals surface area contributed by atoms with E-state index in [4.69, 9.17) is 9.16 Å². The number of halogens is 2. The van der Waals surface area contributed by atoms with Crippen LogP contribution in [0.2, 0.25) is 19.6 Å². The molecule has 0 unspecified atom stereocenters. The van der Waals surface area contributed by atoms with E-state index in [9.17, 15) is 0 Å². The minimum atomic E-state index is -2.11. The summed E-state index contributed by atoms with van der Waals surface area (Å²) in [5, 5.41) is 0. The summed E-state index contributed by atoms with van der Waals surface area (Å²) < 4.78 is 15.7. The van der Waals surface area contributed by atoms with Gasteiger partial charge in [-0.2, -0.15) is 0 Å². The predicted molar refractivity (Wildman–Crippen MR) is 121 cm³/mol. The van der Waals surface area contributed by atoms with Gasteiger partial charge in [0.15, 0.2) is 0 Å². The third-order valence-corrected chi connectivity index (χ3v) is 14.7. The van der Waals surface area contributed by atoms with E-state index in [1.807, 2.05) is 0 Å². The van der Waals surface area contributed by atoms with Gasteiger partial charge in [0.25, 0.3) is 0 Å². The van der Waals surface area contributed by atoms with Gasteiger partial charge >= 0.3 is 184 Å². The van der Waals surface area contributed by atoms with Gasteiger partial charge < -0.3 is 24.8 Å². The normalized spacial score (nSPS) is 14.2. The first-order chi connectivity index (χ1) is 13.8. The SMILES string of the molecule is C[C](C)=[Zr+2]([C]1=CC(OCO[Si](C)(C)C)=CC1)[CH]1c2ccccc2-c2ccccc21.[Cl-].[Cl-]. The molecule has 0 amide bonds. The van der Waals surface area contributed by atoms with Crippen LogP contribution in [0.3, 0.4) is 0 Å². The monoisotopic (exact) mass is 550 g/mol. The van der Waals surface area contributed by atoms with Crippen molar-refractivity contribution in [3.63, 3.8) is 0 Å². The van der Waals surface area contributed by atoms with Gasteiger partial charge in [-0.3, -0.25) is 0 Å². The Morgan fingerprint density at radius 3 is 2.00 bits per heavy atom. The molecule has 0 spiro atoms. The molecule has 2 aliphatic rings. The van der Waals surface area contributed by atoms with Crippen LogP contribution in [0, 0.1) is 0 Å². The Morgan fingerprint density at radius 1 is 0.935 bits per heavy atom. The molecule has 6 heteroatoms. The zero-order chi connectivity index (χ0) is 20.6. The number of fused-ring (bicyclic) bond motifs is 3. The molecule has 0 heterocycles. The van der Waals surface area contributed by atoms with Gasteiger partial charge in [0.05, 0.1) is 0 Å². The summed E-state index contributed by atoms with van der Waals surface area (Å²) in [6.45, 7) is 11.6. The molecule has 0 aromatic heterocycles. The largest absolute Gasteiger partial charge is 1.00 e. The number of rotatable bonds is 6.